The highest BCUT2D eigenvalue weighted by atomic mass is 35.5. The average molecular weight is 268 g/mol. The molecule has 2 aromatic rings. The second kappa shape index (κ2) is 5.91. The SMILES string of the molecule is N#Cc1ccccc1C(C#N)Nc1ccc(Cl)cc1. The highest BCUT2D eigenvalue weighted by Crippen LogP contribution is 2.23. The molecule has 0 aliphatic heterocycles. The monoisotopic (exact) mass is 267 g/mol. The number of hydrogen-bond acceptors (Lipinski definition) is 3. The molecule has 0 fully saturated rings. The van der Waals surface area contributed by atoms with Crippen molar-refractivity contribution in [3.8, 4) is 12.1 Å². The quantitative estimate of drug-likeness (QED) is 0.918. The highest BCUT2D eigenvalue weighted by Gasteiger charge is 2.14. The smallest absolute Gasteiger partial charge is 0.141 e. The maximum Gasteiger partial charge on any atom is 0.141 e. The Labute approximate surface area is 116 Å². The summed E-state index contributed by atoms with van der Waals surface area (Å²) < 4.78 is 0. The van der Waals surface area contributed by atoms with Gasteiger partial charge in [-0.3, -0.25) is 0 Å². The highest BCUT2D eigenvalue weighted by molar-refractivity contribution is 6.30. The predicted octanol–water partition coefficient (Wildman–Crippen LogP) is 3.89. The van der Waals surface area contributed by atoms with Crippen LogP contribution in [0.2, 0.25) is 5.02 Å². The van der Waals surface area contributed by atoms with E-state index in [9.17, 15) is 5.26 Å². The van der Waals surface area contributed by atoms with Gasteiger partial charge in [-0.25, -0.2) is 0 Å². The Kier molecular flexibility index (Phi) is 4.03. The molecule has 0 aromatic heterocycles. The van der Waals surface area contributed by atoms with Gasteiger partial charge < -0.3 is 5.32 Å². The minimum Gasteiger partial charge on any atom is -0.366 e. The summed E-state index contributed by atoms with van der Waals surface area (Å²) in [6.07, 6.45) is 0. The molecule has 1 atom stereocenters. The van der Waals surface area contributed by atoms with Crippen molar-refractivity contribution < 1.29 is 0 Å². The Balaban J connectivity index is 2.29. The summed E-state index contributed by atoms with van der Waals surface area (Å²) in [6, 6.07) is 17.8. The number of hydrogen-bond donors (Lipinski definition) is 1. The van der Waals surface area contributed by atoms with E-state index in [4.69, 9.17) is 16.9 Å². The molecule has 0 amide bonds. The van der Waals surface area contributed by atoms with Crippen LogP contribution in [-0.2, 0) is 0 Å². The minimum absolute atomic E-state index is 0.496. The number of anilines is 1. The molecule has 0 saturated carbocycles. The second-order valence-electron chi connectivity index (χ2n) is 3.91. The number of nitrogens with one attached hydrogen (secondary N) is 1. The first-order chi connectivity index (χ1) is 9.24. The lowest BCUT2D eigenvalue weighted by Gasteiger charge is -2.14. The van der Waals surface area contributed by atoms with E-state index in [1.807, 2.05) is 6.07 Å². The van der Waals surface area contributed by atoms with Gasteiger partial charge in [0.2, 0.25) is 0 Å². The molecule has 4 heteroatoms. The van der Waals surface area contributed by atoms with Crippen LogP contribution in [0.25, 0.3) is 0 Å². The second-order valence-corrected chi connectivity index (χ2v) is 4.35. The first kappa shape index (κ1) is 13.0. The fourth-order valence-corrected chi connectivity index (χ4v) is 1.87. The van der Waals surface area contributed by atoms with Gasteiger partial charge in [0.15, 0.2) is 0 Å². The molecule has 0 spiro atoms. The van der Waals surface area contributed by atoms with Crippen LogP contribution < -0.4 is 5.32 Å². The van der Waals surface area contributed by atoms with Gasteiger partial charge in [-0.1, -0.05) is 29.8 Å². The summed E-state index contributed by atoms with van der Waals surface area (Å²) in [5, 5.41) is 22.0. The summed E-state index contributed by atoms with van der Waals surface area (Å²) in [6.45, 7) is 0. The first-order valence-corrected chi connectivity index (χ1v) is 6.03. The van der Waals surface area contributed by atoms with Crippen LogP contribution in [0.4, 0.5) is 5.69 Å². The van der Waals surface area contributed by atoms with Crippen molar-refractivity contribution in [3.63, 3.8) is 0 Å². The third kappa shape index (κ3) is 3.04. The van der Waals surface area contributed by atoms with Crippen molar-refractivity contribution >= 4 is 17.3 Å². The maximum absolute atomic E-state index is 9.27. The standard InChI is InChI=1S/C15H10ClN3/c16-12-5-7-13(8-6-12)19-15(10-18)14-4-2-1-3-11(14)9-17/h1-8,15,19H. The van der Waals surface area contributed by atoms with Gasteiger partial charge in [0.05, 0.1) is 17.7 Å². The van der Waals surface area contributed by atoms with Gasteiger partial charge in [-0.15, -0.1) is 0 Å². The number of halogens is 1. The van der Waals surface area contributed by atoms with Crippen LogP contribution in [0.3, 0.4) is 0 Å². The van der Waals surface area contributed by atoms with E-state index >= 15 is 0 Å². The Hall–Kier alpha value is -2.49. The van der Waals surface area contributed by atoms with Crippen molar-refractivity contribution in [3.05, 3.63) is 64.7 Å². The lowest BCUT2D eigenvalue weighted by Crippen LogP contribution is -2.10. The van der Waals surface area contributed by atoms with Gasteiger partial charge in [0, 0.05) is 16.3 Å². The van der Waals surface area contributed by atoms with Crippen LogP contribution in [0.1, 0.15) is 17.2 Å². The van der Waals surface area contributed by atoms with Crippen molar-refractivity contribution in [2.45, 2.75) is 6.04 Å². The van der Waals surface area contributed by atoms with Crippen molar-refractivity contribution in [2.75, 3.05) is 5.32 Å². The zero-order chi connectivity index (χ0) is 13.7. The van der Waals surface area contributed by atoms with Crippen LogP contribution >= 0.6 is 11.6 Å². The van der Waals surface area contributed by atoms with Crippen LogP contribution in [0.15, 0.2) is 48.5 Å². The van der Waals surface area contributed by atoms with Gasteiger partial charge in [-0.05, 0) is 30.3 Å². The molecule has 0 saturated heterocycles. The summed E-state index contributed by atoms with van der Waals surface area (Å²) >= 11 is 5.81. The third-order valence-corrected chi connectivity index (χ3v) is 2.93. The molecular formula is C15H10ClN3. The number of benzene rings is 2. The predicted molar refractivity (Wildman–Crippen MR) is 74.6 cm³/mol. The maximum atomic E-state index is 9.27. The normalized spacial score (nSPS) is 11.1. The fourth-order valence-electron chi connectivity index (χ4n) is 1.74. The molecule has 19 heavy (non-hydrogen) atoms. The van der Waals surface area contributed by atoms with E-state index in [0.29, 0.717) is 16.1 Å². The van der Waals surface area contributed by atoms with E-state index in [1.54, 1.807) is 42.5 Å². The van der Waals surface area contributed by atoms with Crippen molar-refractivity contribution in [2.24, 2.45) is 0 Å². The number of nitriles is 2. The lowest BCUT2D eigenvalue weighted by molar-refractivity contribution is 0.991. The summed E-state index contributed by atoms with van der Waals surface area (Å²) in [7, 11) is 0. The molecule has 0 bridgehead atoms. The molecule has 0 heterocycles. The van der Waals surface area contributed by atoms with Gasteiger partial charge in [0.25, 0.3) is 0 Å². The van der Waals surface area contributed by atoms with Crippen LogP contribution in [0, 0.1) is 22.7 Å². The Morgan fingerprint density at radius 3 is 2.32 bits per heavy atom. The van der Waals surface area contributed by atoms with Crippen molar-refractivity contribution in [1.82, 2.24) is 0 Å². The van der Waals surface area contributed by atoms with Gasteiger partial charge in [0.1, 0.15) is 6.04 Å². The summed E-state index contributed by atoms with van der Waals surface area (Å²) in [5.41, 5.74) is 1.95. The van der Waals surface area contributed by atoms with Crippen LogP contribution in [-0.4, -0.2) is 0 Å². The molecule has 2 aromatic carbocycles. The molecule has 3 nitrogen and oxygen atoms in total. The van der Waals surface area contributed by atoms with Gasteiger partial charge >= 0.3 is 0 Å². The molecule has 1 N–H and O–H groups in total. The average Bonchev–Trinajstić information content (AvgIpc) is 2.46. The molecule has 0 radical (unpaired) electrons. The van der Waals surface area contributed by atoms with E-state index in [0.717, 1.165) is 5.69 Å². The van der Waals surface area contributed by atoms with E-state index in [-0.39, 0.29) is 0 Å². The fraction of sp³-hybridized carbons (Fsp3) is 0.0667. The van der Waals surface area contributed by atoms with Gasteiger partial charge in [-0.2, -0.15) is 10.5 Å². The molecular weight excluding hydrogens is 258 g/mol. The molecule has 2 rings (SSSR count). The third-order valence-electron chi connectivity index (χ3n) is 2.68. The Bertz CT molecular complexity index is 650. The summed E-state index contributed by atoms with van der Waals surface area (Å²) in [4.78, 5) is 0. The molecule has 0 aliphatic rings. The zero-order valence-electron chi connectivity index (χ0n) is 9.97. The van der Waals surface area contributed by atoms with E-state index in [1.165, 1.54) is 0 Å². The Morgan fingerprint density at radius 2 is 1.68 bits per heavy atom. The molecule has 1 unspecified atom stereocenters. The van der Waals surface area contributed by atoms with Crippen LogP contribution in [0.5, 0.6) is 0 Å². The largest absolute Gasteiger partial charge is 0.366 e. The Morgan fingerprint density at radius 1 is 1.00 bits per heavy atom. The summed E-state index contributed by atoms with van der Waals surface area (Å²) in [5.74, 6) is 0. The van der Waals surface area contributed by atoms with E-state index in [2.05, 4.69) is 17.5 Å². The minimum atomic E-state index is -0.572. The number of rotatable bonds is 3. The molecule has 92 valence electrons. The zero-order valence-corrected chi connectivity index (χ0v) is 10.7. The topological polar surface area (TPSA) is 59.6 Å². The number of nitrogens with zero attached hydrogens (tertiary/aromatic N) is 2. The van der Waals surface area contributed by atoms with Crippen molar-refractivity contribution in [1.29, 1.82) is 10.5 Å². The first-order valence-electron chi connectivity index (χ1n) is 5.65. The molecule has 0 aliphatic carbocycles. The lowest BCUT2D eigenvalue weighted by atomic mass is 10.0. The van der Waals surface area contributed by atoms with E-state index < -0.39 is 6.04 Å².